The van der Waals surface area contributed by atoms with Crippen LogP contribution in [0, 0.1) is 77.1 Å². The Morgan fingerprint density at radius 1 is 0.839 bits per heavy atom. The molecule has 2 saturated heterocycles. The molecule has 2 aliphatic heterocycles. The Bertz CT molecular complexity index is 1170. The zero-order valence-corrected chi connectivity index (χ0v) is 18.3. The molecule has 0 aromatic carbocycles. The van der Waals surface area contributed by atoms with E-state index in [0.29, 0.717) is 12.8 Å². The van der Waals surface area contributed by atoms with Crippen molar-refractivity contribution < 1.29 is 14.4 Å². The second-order valence-corrected chi connectivity index (χ2v) is 8.71. The first-order chi connectivity index (χ1) is 14.5. The fourth-order valence-electron chi connectivity index (χ4n) is 5.07. The van der Waals surface area contributed by atoms with Crippen molar-refractivity contribution in [3.63, 3.8) is 0 Å². The number of amides is 3. The van der Waals surface area contributed by atoms with Crippen LogP contribution < -0.4 is 0 Å². The third-order valence-electron chi connectivity index (χ3n) is 5.20. The minimum atomic E-state index is -0.882. The summed E-state index contributed by atoms with van der Waals surface area (Å²) in [4.78, 5) is 40.8. The highest BCUT2D eigenvalue weighted by molar-refractivity contribution is 6.08. The lowest BCUT2D eigenvalue weighted by molar-refractivity contribution is -0.161. The molecule has 2 fully saturated rings. The predicted octanol–water partition coefficient (Wildman–Crippen LogP) is 1.54. The van der Waals surface area contributed by atoms with Crippen LogP contribution in [0.3, 0.4) is 0 Å². The van der Waals surface area contributed by atoms with Crippen LogP contribution in [0.4, 0.5) is 0 Å². The number of nitrogens with zero attached hydrogens (tertiary/aromatic N) is 2. The summed E-state index contributed by atoms with van der Waals surface area (Å²) in [7, 11) is 0. The zero-order chi connectivity index (χ0) is 23.3. The van der Waals surface area contributed by atoms with Gasteiger partial charge in [0.1, 0.15) is 0 Å². The quantitative estimate of drug-likeness (QED) is 0.450. The smallest absolute Gasteiger partial charge is 0.247 e. The van der Waals surface area contributed by atoms with Gasteiger partial charge in [-0.25, -0.2) is 4.90 Å². The number of imide groups is 1. The molecular weight excluding hydrogens is 388 g/mol. The van der Waals surface area contributed by atoms with E-state index in [4.69, 9.17) is 6.42 Å². The molecule has 0 aliphatic carbocycles. The van der Waals surface area contributed by atoms with E-state index in [1.807, 2.05) is 32.6 Å². The predicted molar refractivity (Wildman–Crippen MR) is 117 cm³/mol. The number of likely N-dealkylation sites (tertiary alicyclic amines) is 2. The number of piperidine rings is 1. The van der Waals surface area contributed by atoms with E-state index < -0.39 is 16.5 Å². The van der Waals surface area contributed by atoms with Crippen molar-refractivity contribution in [2.45, 2.75) is 65.0 Å². The second kappa shape index (κ2) is 8.77. The highest BCUT2D eigenvalue weighted by atomic mass is 16.2. The first kappa shape index (κ1) is 23.3. The molecule has 0 aromatic rings. The first-order valence-electron chi connectivity index (χ1n) is 9.61. The molecule has 2 aliphatic rings. The molecule has 2 rings (SSSR count). The molecule has 0 aromatic heterocycles. The van der Waals surface area contributed by atoms with Crippen LogP contribution in [-0.2, 0) is 14.4 Å². The molecule has 0 atom stereocenters. The molecule has 31 heavy (non-hydrogen) atoms. The van der Waals surface area contributed by atoms with Crippen molar-refractivity contribution in [1.82, 2.24) is 9.80 Å². The van der Waals surface area contributed by atoms with Crippen LogP contribution in [0.2, 0.25) is 0 Å². The Balaban J connectivity index is 2.22. The number of terminal acetylenes is 1. The third-order valence-corrected chi connectivity index (χ3v) is 5.20. The van der Waals surface area contributed by atoms with E-state index in [1.165, 1.54) is 6.92 Å². The van der Waals surface area contributed by atoms with Crippen LogP contribution >= 0.6 is 0 Å². The average Bonchev–Trinajstić information content (AvgIpc) is 2.83. The molecule has 0 radical (unpaired) electrons. The average molecular weight is 410 g/mol. The Hall–Kier alpha value is -4.03. The topological polar surface area (TPSA) is 57.7 Å². The van der Waals surface area contributed by atoms with Crippen molar-refractivity contribution in [3.05, 3.63) is 0 Å². The summed E-state index contributed by atoms with van der Waals surface area (Å²) in [5.74, 6) is 23.4. The van der Waals surface area contributed by atoms with Crippen LogP contribution in [0.5, 0.6) is 0 Å². The highest BCUT2D eigenvalue weighted by Crippen LogP contribution is 2.53. The summed E-state index contributed by atoms with van der Waals surface area (Å²) in [5, 5.41) is 0. The highest BCUT2D eigenvalue weighted by Gasteiger charge is 2.61. The monoisotopic (exact) mass is 410 g/mol. The molecule has 0 N–H and O–H groups in total. The lowest BCUT2D eigenvalue weighted by atomic mass is 9.63. The van der Waals surface area contributed by atoms with E-state index in [0.717, 1.165) is 4.90 Å². The second-order valence-electron chi connectivity index (χ2n) is 8.71. The number of hydrogen-bond donors (Lipinski definition) is 0. The maximum atomic E-state index is 13.2. The number of hydrogen-bond acceptors (Lipinski definition) is 3. The van der Waals surface area contributed by atoms with Gasteiger partial charge in [0.05, 0.1) is 5.41 Å². The molecule has 5 nitrogen and oxygen atoms in total. The fourth-order valence-corrected chi connectivity index (χ4v) is 5.07. The number of carbonyl (C=O) groups is 3. The van der Waals surface area contributed by atoms with Gasteiger partial charge < -0.3 is 4.90 Å². The first-order valence-corrected chi connectivity index (χ1v) is 9.61. The SMILES string of the molecule is C#CC#CC#CC#CC#CC#CN1C(=O)CC2(CC(C)(C)N(C(C)=O)C(C)(C)C2)C1=O. The van der Waals surface area contributed by atoms with E-state index in [2.05, 4.69) is 65.2 Å². The summed E-state index contributed by atoms with van der Waals surface area (Å²) in [6.45, 7) is 9.23. The summed E-state index contributed by atoms with van der Waals surface area (Å²) >= 11 is 0. The van der Waals surface area contributed by atoms with Gasteiger partial charge in [0.15, 0.2) is 0 Å². The standard InChI is InChI=1S/C26H22N2O3/c1-7-8-9-10-11-12-13-14-15-16-17-27-22(30)18-26(23(27)31)19-24(3,4)28(21(2)29)25(5,6)20-26/h1H,18-20H2,2-6H3. The van der Waals surface area contributed by atoms with Gasteiger partial charge in [-0.2, -0.15) is 0 Å². The summed E-state index contributed by atoms with van der Waals surface area (Å²) in [6.07, 6.45) is 5.81. The molecule has 0 unspecified atom stereocenters. The molecule has 1 spiro atoms. The van der Waals surface area contributed by atoms with E-state index >= 15 is 0 Å². The molecule has 5 heteroatoms. The normalized spacial score (nSPS) is 19.0. The molecule has 3 amide bonds. The molecule has 154 valence electrons. The molecule has 0 saturated carbocycles. The van der Waals surface area contributed by atoms with Gasteiger partial charge in [0.25, 0.3) is 0 Å². The Labute approximate surface area is 184 Å². The molecular formula is C26H22N2O3. The Morgan fingerprint density at radius 2 is 1.29 bits per heavy atom. The summed E-state index contributed by atoms with van der Waals surface area (Å²) < 4.78 is 0. The van der Waals surface area contributed by atoms with Gasteiger partial charge in [-0.05, 0) is 70.1 Å². The minimum absolute atomic E-state index is 0.0533. The van der Waals surface area contributed by atoms with Gasteiger partial charge in [-0.1, -0.05) is 0 Å². The third kappa shape index (κ3) is 4.94. The maximum Gasteiger partial charge on any atom is 0.247 e. The fraction of sp³-hybridized carbons (Fsp3) is 0.423. The zero-order valence-electron chi connectivity index (χ0n) is 18.3. The molecule has 2 heterocycles. The van der Waals surface area contributed by atoms with Gasteiger partial charge in [0.2, 0.25) is 17.7 Å². The minimum Gasteiger partial charge on any atom is -0.333 e. The summed E-state index contributed by atoms with van der Waals surface area (Å²) in [5.41, 5.74) is -2.03. The van der Waals surface area contributed by atoms with Crippen molar-refractivity contribution >= 4 is 17.7 Å². The Kier molecular flexibility index (Phi) is 6.58. The summed E-state index contributed by atoms with van der Waals surface area (Å²) in [6, 6.07) is 2.54. The van der Waals surface area contributed by atoms with E-state index in [9.17, 15) is 14.4 Å². The van der Waals surface area contributed by atoms with Crippen molar-refractivity contribution in [3.8, 4) is 71.7 Å². The number of rotatable bonds is 0. The van der Waals surface area contributed by atoms with Crippen molar-refractivity contribution in [1.29, 1.82) is 0 Å². The van der Waals surface area contributed by atoms with Gasteiger partial charge in [-0.3, -0.25) is 14.4 Å². The van der Waals surface area contributed by atoms with Gasteiger partial charge >= 0.3 is 0 Å². The van der Waals surface area contributed by atoms with Crippen LogP contribution in [0.15, 0.2) is 0 Å². The maximum absolute atomic E-state index is 13.2. The van der Waals surface area contributed by atoms with E-state index in [1.54, 1.807) is 0 Å². The van der Waals surface area contributed by atoms with Crippen molar-refractivity contribution in [2.24, 2.45) is 5.41 Å². The van der Waals surface area contributed by atoms with Crippen LogP contribution in [-0.4, -0.2) is 38.6 Å². The molecule has 0 bridgehead atoms. The lowest BCUT2D eigenvalue weighted by Gasteiger charge is -2.57. The van der Waals surface area contributed by atoms with Gasteiger partial charge in [-0.15, -0.1) is 6.42 Å². The Morgan fingerprint density at radius 3 is 1.74 bits per heavy atom. The number of carbonyl (C=O) groups excluding carboxylic acids is 3. The largest absolute Gasteiger partial charge is 0.333 e. The van der Waals surface area contributed by atoms with E-state index in [-0.39, 0.29) is 24.1 Å². The lowest BCUT2D eigenvalue weighted by Crippen LogP contribution is -2.65. The van der Waals surface area contributed by atoms with Crippen LogP contribution in [0.25, 0.3) is 0 Å². The van der Waals surface area contributed by atoms with Crippen molar-refractivity contribution in [2.75, 3.05) is 0 Å². The van der Waals surface area contributed by atoms with Gasteiger partial charge in [0, 0.05) is 60.1 Å². The van der Waals surface area contributed by atoms with Crippen LogP contribution in [0.1, 0.15) is 53.9 Å².